The summed E-state index contributed by atoms with van der Waals surface area (Å²) in [4.78, 5) is 12.7. The van der Waals surface area contributed by atoms with Gasteiger partial charge in [0.05, 0.1) is 6.21 Å². The van der Waals surface area contributed by atoms with Crippen LogP contribution in [-0.4, -0.2) is 18.7 Å². The van der Waals surface area contributed by atoms with Gasteiger partial charge in [0, 0.05) is 4.88 Å². The zero-order valence-corrected chi connectivity index (χ0v) is 13.2. The van der Waals surface area contributed by atoms with E-state index in [1.165, 1.54) is 0 Å². The second-order valence-electron chi connectivity index (χ2n) is 4.77. The molecule has 1 aromatic carbocycles. The number of amides is 1. The van der Waals surface area contributed by atoms with Gasteiger partial charge in [-0.3, -0.25) is 4.79 Å². The summed E-state index contributed by atoms with van der Waals surface area (Å²) < 4.78 is 5.56. The highest BCUT2D eigenvalue weighted by molar-refractivity contribution is 7.11. The lowest BCUT2D eigenvalue weighted by Crippen LogP contribution is -2.25. The first kappa shape index (κ1) is 15.3. The lowest BCUT2D eigenvalue weighted by atomic mass is 10.1. The fourth-order valence-corrected chi connectivity index (χ4v) is 2.66. The highest BCUT2D eigenvalue weighted by Gasteiger charge is 2.06. The average Bonchev–Trinajstić information content (AvgIpc) is 2.84. The molecule has 1 heterocycles. The molecule has 110 valence electrons. The van der Waals surface area contributed by atoms with Crippen molar-refractivity contribution in [1.29, 1.82) is 0 Å². The van der Waals surface area contributed by atoms with Crippen molar-refractivity contribution in [2.75, 3.05) is 6.61 Å². The number of rotatable bonds is 5. The molecule has 0 radical (unpaired) electrons. The molecule has 0 spiro atoms. The van der Waals surface area contributed by atoms with Crippen molar-refractivity contribution in [3.63, 3.8) is 0 Å². The van der Waals surface area contributed by atoms with Crippen LogP contribution >= 0.6 is 11.3 Å². The van der Waals surface area contributed by atoms with Crippen molar-refractivity contribution < 1.29 is 9.53 Å². The SMILES string of the molecule is Cc1ccsc1C=NNC(=O)COc1c(C)cccc1C. The van der Waals surface area contributed by atoms with Crippen LogP contribution in [0.15, 0.2) is 34.7 Å². The molecule has 1 aromatic heterocycles. The Kier molecular flexibility index (Phi) is 5.11. The smallest absolute Gasteiger partial charge is 0.277 e. The molecule has 2 aromatic rings. The molecule has 21 heavy (non-hydrogen) atoms. The van der Waals surface area contributed by atoms with E-state index in [1.807, 2.05) is 50.4 Å². The second-order valence-corrected chi connectivity index (χ2v) is 5.72. The topological polar surface area (TPSA) is 50.7 Å². The van der Waals surface area contributed by atoms with Crippen LogP contribution in [0.25, 0.3) is 0 Å². The van der Waals surface area contributed by atoms with Crippen LogP contribution in [0.1, 0.15) is 21.6 Å². The molecule has 0 bridgehead atoms. The normalized spacial score (nSPS) is 10.8. The van der Waals surface area contributed by atoms with Crippen molar-refractivity contribution in [2.24, 2.45) is 5.10 Å². The van der Waals surface area contributed by atoms with Gasteiger partial charge in [-0.15, -0.1) is 11.3 Å². The van der Waals surface area contributed by atoms with E-state index in [0.717, 1.165) is 27.3 Å². The van der Waals surface area contributed by atoms with Crippen molar-refractivity contribution in [3.8, 4) is 5.75 Å². The largest absolute Gasteiger partial charge is 0.483 e. The van der Waals surface area contributed by atoms with E-state index in [9.17, 15) is 4.79 Å². The van der Waals surface area contributed by atoms with Gasteiger partial charge in [-0.25, -0.2) is 5.43 Å². The Hall–Kier alpha value is -2.14. The third-order valence-corrected chi connectivity index (χ3v) is 3.98. The zero-order valence-electron chi connectivity index (χ0n) is 12.3. The average molecular weight is 302 g/mol. The molecule has 0 atom stereocenters. The van der Waals surface area contributed by atoms with E-state index in [1.54, 1.807) is 17.6 Å². The number of carbonyl (C=O) groups is 1. The fourth-order valence-electron chi connectivity index (χ4n) is 1.88. The summed E-state index contributed by atoms with van der Waals surface area (Å²) in [5.74, 6) is 0.480. The molecule has 0 aliphatic rings. The summed E-state index contributed by atoms with van der Waals surface area (Å²) in [7, 11) is 0. The molecule has 0 aliphatic heterocycles. The Bertz CT molecular complexity index is 642. The lowest BCUT2D eigenvalue weighted by molar-refractivity contribution is -0.123. The summed E-state index contributed by atoms with van der Waals surface area (Å²) in [6.07, 6.45) is 1.65. The van der Waals surface area contributed by atoms with Gasteiger partial charge >= 0.3 is 0 Å². The molecule has 0 unspecified atom stereocenters. The van der Waals surface area contributed by atoms with Crippen LogP contribution < -0.4 is 10.2 Å². The molecular weight excluding hydrogens is 284 g/mol. The number of nitrogens with zero attached hydrogens (tertiary/aromatic N) is 1. The van der Waals surface area contributed by atoms with E-state index < -0.39 is 0 Å². The van der Waals surface area contributed by atoms with Crippen LogP contribution in [0.3, 0.4) is 0 Å². The Labute approximate surface area is 128 Å². The van der Waals surface area contributed by atoms with Gasteiger partial charge in [-0.1, -0.05) is 18.2 Å². The quantitative estimate of drug-likeness (QED) is 0.681. The lowest BCUT2D eigenvalue weighted by Gasteiger charge is -2.10. The van der Waals surface area contributed by atoms with Crippen LogP contribution in [0, 0.1) is 20.8 Å². The number of carbonyl (C=O) groups excluding carboxylic acids is 1. The first-order valence-electron chi connectivity index (χ1n) is 6.63. The molecular formula is C16H18N2O2S. The number of hydrogen-bond donors (Lipinski definition) is 1. The number of nitrogens with one attached hydrogen (secondary N) is 1. The van der Waals surface area contributed by atoms with Crippen molar-refractivity contribution in [1.82, 2.24) is 5.43 Å². The Morgan fingerprint density at radius 3 is 2.57 bits per heavy atom. The maximum atomic E-state index is 11.7. The van der Waals surface area contributed by atoms with E-state index in [-0.39, 0.29) is 12.5 Å². The van der Waals surface area contributed by atoms with Crippen molar-refractivity contribution >= 4 is 23.5 Å². The summed E-state index contributed by atoms with van der Waals surface area (Å²) in [5, 5.41) is 5.93. The Morgan fingerprint density at radius 1 is 1.24 bits per heavy atom. The number of hydrazone groups is 1. The highest BCUT2D eigenvalue weighted by atomic mass is 32.1. The van der Waals surface area contributed by atoms with Crippen LogP contribution in [-0.2, 0) is 4.79 Å². The van der Waals surface area contributed by atoms with E-state index >= 15 is 0 Å². The maximum absolute atomic E-state index is 11.7. The summed E-state index contributed by atoms with van der Waals surface area (Å²) in [6.45, 7) is 5.87. The van der Waals surface area contributed by atoms with Crippen LogP contribution in [0.5, 0.6) is 5.75 Å². The highest BCUT2D eigenvalue weighted by Crippen LogP contribution is 2.21. The third-order valence-electron chi connectivity index (χ3n) is 3.03. The van der Waals surface area contributed by atoms with E-state index in [4.69, 9.17) is 4.74 Å². The minimum absolute atomic E-state index is 0.0492. The summed E-state index contributed by atoms with van der Waals surface area (Å²) in [5.41, 5.74) is 5.64. The van der Waals surface area contributed by atoms with E-state index in [2.05, 4.69) is 10.5 Å². The number of ether oxygens (including phenoxy) is 1. The molecule has 1 amide bonds. The first-order chi connectivity index (χ1) is 10.1. The number of para-hydroxylation sites is 1. The van der Waals surface area contributed by atoms with Gasteiger partial charge in [0.2, 0.25) is 0 Å². The Balaban J connectivity index is 1.85. The van der Waals surface area contributed by atoms with Crippen molar-refractivity contribution in [3.05, 3.63) is 51.2 Å². The predicted molar refractivity (Wildman–Crippen MR) is 86.2 cm³/mol. The number of hydrogen-bond acceptors (Lipinski definition) is 4. The number of aryl methyl sites for hydroxylation is 3. The van der Waals surface area contributed by atoms with Crippen LogP contribution in [0.2, 0.25) is 0 Å². The Morgan fingerprint density at radius 2 is 1.95 bits per heavy atom. The number of benzene rings is 1. The van der Waals surface area contributed by atoms with Gasteiger partial charge in [-0.2, -0.15) is 5.10 Å². The molecule has 4 nitrogen and oxygen atoms in total. The number of thiophene rings is 1. The zero-order chi connectivity index (χ0) is 15.2. The monoisotopic (exact) mass is 302 g/mol. The van der Waals surface area contributed by atoms with Gasteiger partial charge in [0.15, 0.2) is 6.61 Å². The fraction of sp³-hybridized carbons (Fsp3) is 0.250. The first-order valence-corrected chi connectivity index (χ1v) is 7.51. The maximum Gasteiger partial charge on any atom is 0.277 e. The molecule has 0 fully saturated rings. The van der Waals surface area contributed by atoms with E-state index in [0.29, 0.717) is 0 Å². The molecule has 1 N–H and O–H groups in total. The van der Waals surface area contributed by atoms with Crippen molar-refractivity contribution in [2.45, 2.75) is 20.8 Å². The summed E-state index contributed by atoms with van der Waals surface area (Å²) >= 11 is 1.58. The standard InChI is InChI=1S/C16H18N2O2S/c1-11-7-8-21-14(11)9-17-18-15(19)10-20-16-12(2)5-4-6-13(16)3/h4-9H,10H2,1-3H3,(H,18,19). The molecule has 2 rings (SSSR count). The second kappa shape index (κ2) is 7.04. The van der Waals surface area contributed by atoms with Crippen LogP contribution in [0.4, 0.5) is 0 Å². The van der Waals surface area contributed by atoms with Gasteiger partial charge in [-0.05, 0) is 48.9 Å². The third kappa shape index (κ3) is 4.16. The van der Waals surface area contributed by atoms with Gasteiger partial charge < -0.3 is 4.74 Å². The molecule has 0 saturated carbocycles. The molecule has 0 saturated heterocycles. The van der Waals surface area contributed by atoms with Gasteiger partial charge in [0.25, 0.3) is 5.91 Å². The van der Waals surface area contributed by atoms with Gasteiger partial charge in [0.1, 0.15) is 5.75 Å². The molecule has 0 aliphatic carbocycles. The minimum Gasteiger partial charge on any atom is -0.483 e. The predicted octanol–water partition coefficient (Wildman–Crippen LogP) is 3.20. The summed E-state index contributed by atoms with van der Waals surface area (Å²) in [6, 6.07) is 7.89. The minimum atomic E-state index is -0.275. The molecule has 5 heteroatoms.